The first-order chi connectivity index (χ1) is 14.1. The summed E-state index contributed by atoms with van der Waals surface area (Å²) in [6.07, 6.45) is 28.2. The number of hydrogen-bond acceptors (Lipinski definition) is 3. The van der Waals surface area contributed by atoms with Crippen LogP contribution < -0.4 is 5.32 Å². The summed E-state index contributed by atoms with van der Waals surface area (Å²) in [5.41, 5.74) is 0.992. The van der Waals surface area contributed by atoms with Crippen molar-refractivity contribution >= 4 is 22.4 Å². The smallest absolute Gasteiger partial charge is 0.226 e. The van der Waals surface area contributed by atoms with Gasteiger partial charge < -0.3 is 5.32 Å². The summed E-state index contributed by atoms with van der Waals surface area (Å²) < 4.78 is 0. The Morgan fingerprint density at radius 3 is 1.93 bits per heavy atom. The highest BCUT2D eigenvalue weighted by Crippen LogP contribution is 2.21. The van der Waals surface area contributed by atoms with Gasteiger partial charge in [0.2, 0.25) is 5.91 Å². The third kappa shape index (κ3) is 13.8. The molecule has 29 heavy (non-hydrogen) atoms. The monoisotopic (exact) mass is 414 g/mol. The number of unbranched alkanes of at least 4 members (excludes halogenated alkanes) is 4. The average Bonchev–Trinajstić information content (AvgIpc) is 3.01. The molecule has 1 amide bonds. The van der Waals surface area contributed by atoms with Gasteiger partial charge in [-0.1, -0.05) is 68.4 Å². The fourth-order valence-corrected chi connectivity index (χ4v) is 3.48. The van der Waals surface area contributed by atoms with Crippen molar-refractivity contribution in [3.8, 4) is 0 Å². The predicted molar refractivity (Wildman–Crippen MR) is 129 cm³/mol. The quantitative estimate of drug-likeness (QED) is 0.234. The van der Waals surface area contributed by atoms with Crippen molar-refractivity contribution in [1.29, 1.82) is 0 Å². The Labute approximate surface area is 181 Å². The molecule has 0 aliphatic heterocycles. The van der Waals surface area contributed by atoms with Gasteiger partial charge in [0.1, 0.15) is 0 Å². The summed E-state index contributed by atoms with van der Waals surface area (Å²) >= 11 is 1.54. The lowest BCUT2D eigenvalue weighted by molar-refractivity contribution is -0.116. The van der Waals surface area contributed by atoms with Crippen LogP contribution in [0.3, 0.4) is 0 Å². The fourth-order valence-electron chi connectivity index (χ4n) is 2.65. The van der Waals surface area contributed by atoms with Gasteiger partial charge in [-0.15, -0.1) is 11.3 Å². The zero-order valence-electron chi connectivity index (χ0n) is 18.5. The molecule has 0 fully saturated rings. The number of thiazole rings is 1. The summed E-state index contributed by atoms with van der Waals surface area (Å²) in [5, 5.41) is 3.59. The zero-order valence-corrected chi connectivity index (χ0v) is 19.3. The van der Waals surface area contributed by atoms with Crippen LogP contribution in [0.15, 0.2) is 48.6 Å². The molecule has 0 radical (unpaired) electrons. The van der Waals surface area contributed by atoms with E-state index in [1.165, 1.54) is 37.0 Å². The molecule has 160 valence electrons. The summed E-state index contributed by atoms with van der Waals surface area (Å²) in [6, 6.07) is 0. The Kier molecular flexibility index (Phi) is 14.7. The molecule has 4 heteroatoms. The van der Waals surface area contributed by atoms with Crippen LogP contribution in [0.1, 0.15) is 81.7 Å². The van der Waals surface area contributed by atoms with Gasteiger partial charge in [-0.3, -0.25) is 4.79 Å². The number of rotatable bonds is 15. The van der Waals surface area contributed by atoms with Crippen LogP contribution in [0.2, 0.25) is 0 Å². The number of nitrogens with one attached hydrogen (secondary N) is 1. The minimum atomic E-state index is 0.0506. The van der Waals surface area contributed by atoms with Crippen LogP contribution in [0, 0.1) is 13.8 Å². The number of amides is 1. The maximum absolute atomic E-state index is 11.9. The van der Waals surface area contributed by atoms with E-state index in [1.807, 2.05) is 13.8 Å². The van der Waals surface area contributed by atoms with Crippen LogP contribution >= 0.6 is 11.3 Å². The van der Waals surface area contributed by atoms with Gasteiger partial charge in [-0.2, -0.15) is 0 Å². The van der Waals surface area contributed by atoms with E-state index < -0.39 is 0 Å². The van der Waals surface area contributed by atoms with Crippen molar-refractivity contribution in [3.05, 3.63) is 59.2 Å². The molecule has 1 heterocycles. The maximum Gasteiger partial charge on any atom is 0.226 e. The Morgan fingerprint density at radius 1 is 0.862 bits per heavy atom. The molecule has 1 aromatic rings. The Balaban J connectivity index is 1.99. The second-order valence-electron chi connectivity index (χ2n) is 7.19. The molecule has 0 aromatic carbocycles. The van der Waals surface area contributed by atoms with Crippen molar-refractivity contribution in [3.63, 3.8) is 0 Å². The van der Waals surface area contributed by atoms with Gasteiger partial charge in [-0.25, -0.2) is 4.98 Å². The number of aromatic nitrogens is 1. The number of allylic oxidation sites excluding steroid dienone is 8. The molecule has 0 aliphatic rings. The number of anilines is 1. The van der Waals surface area contributed by atoms with Gasteiger partial charge in [0.05, 0.1) is 5.69 Å². The van der Waals surface area contributed by atoms with Crippen LogP contribution in [0.5, 0.6) is 0 Å². The standard InChI is InChI=1S/C25H38N2OS/c1-4-5-6-7-8-9-10-11-12-13-14-15-16-17-18-19-20-21-24(28)27-25-26-22(2)23(3)29-25/h8-9,11-12,14-15,17-18H,4-7,10,13,16,19-21H2,1-3H3,(H,26,27,28)/b9-8-,12-11-,15-14-,18-17-. The first-order valence-electron chi connectivity index (χ1n) is 11.0. The summed E-state index contributed by atoms with van der Waals surface area (Å²) in [6.45, 7) is 6.22. The normalized spacial score (nSPS) is 12.2. The first-order valence-corrected chi connectivity index (χ1v) is 11.8. The van der Waals surface area contributed by atoms with E-state index >= 15 is 0 Å². The van der Waals surface area contributed by atoms with Crippen molar-refractivity contribution in [1.82, 2.24) is 4.98 Å². The molecule has 0 bridgehead atoms. The molecule has 3 nitrogen and oxygen atoms in total. The lowest BCUT2D eigenvalue weighted by Gasteiger charge is -1.99. The molecular formula is C25H38N2OS. The van der Waals surface area contributed by atoms with E-state index in [0.29, 0.717) is 11.6 Å². The predicted octanol–water partition coefficient (Wildman–Crippen LogP) is 7.84. The number of nitrogens with zero attached hydrogens (tertiary/aromatic N) is 1. The molecule has 0 saturated carbocycles. The summed E-state index contributed by atoms with van der Waals surface area (Å²) in [5.74, 6) is 0.0506. The van der Waals surface area contributed by atoms with Gasteiger partial charge in [0.25, 0.3) is 0 Å². The van der Waals surface area contributed by atoms with E-state index in [1.54, 1.807) is 0 Å². The minimum Gasteiger partial charge on any atom is -0.302 e. The second-order valence-corrected chi connectivity index (χ2v) is 8.39. The largest absolute Gasteiger partial charge is 0.302 e. The van der Waals surface area contributed by atoms with E-state index in [0.717, 1.165) is 42.7 Å². The van der Waals surface area contributed by atoms with Gasteiger partial charge in [-0.05, 0) is 58.8 Å². The molecule has 0 atom stereocenters. The molecule has 1 N–H and O–H groups in total. The average molecular weight is 415 g/mol. The summed E-state index contributed by atoms with van der Waals surface area (Å²) in [7, 11) is 0. The summed E-state index contributed by atoms with van der Waals surface area (Å²) in [4.78, 5) is 17.4. The van der Waals surface area contributed by atoms with Gasteiger partial charge in [0, 0.05) is 11.3 Å². The van der Waals surface area contributed by atoms with Crippen LogP contribution in [0.4, 0.5) is 5.13 Å². The molecule has 1 aromatic heterocycles. The second kappa shape index (κ2) is 17.0. The maximum atomic E-state index is 11.9. The fraction of sp³-hybridized carbons (Fsp3) is 0.520. The number of carbonyl (C=O) groups is 1. The first kappa shape index (κ1) is 25.1. The number of hydrogen-bond donors (Lipinski definition) is 1. The Bertz CT molecular complexity index is 663. The van der Waals surface area contributed by atoms with Crippen molar-refractivity contribution in [2.45, 2.75) is 85.0 Å². The van der Waals surface area contributed by atoms with Gasteiger partial charge in [0.15, 0.2) is 5.13 Å². The highest BCUT2D eigenvalue weighted by Gasteiger charge is 2.07. The molecule has 0 spiro atoms. The van der Waals surface area contributed by atoms with E-state index in [9.17, 15) is 4.79 Å². The van der Waals surface area contributed by atoms with E-state index in [4.69, 9.17) is 0 Å². The van der Waals surface area contributed by atoms with Crippen LogP contribution in [-0.2, 0) is 4.79 Å². The molecular weight excluding hydrogens is 376 g/mol. The van der Waals surface area contributed by atoms with E-state index in [-0.39, 0.29) is 5.91 Å². The highest BCUT2D eigenvalue weighted by molar-refractivity contribution is 7.15. The zero-order chi connectivity index (χ0) is 21.2. The lowest BCUT2D eigenvalue weighted by Crippen LogP contribution is -2.10. The van der Waals surface area contributed by atoms with Crippen molar-refractivity contribution in [2.24, 2.45) is 0 Å². The van der Waals surface area contributed by atoms with Crippen LogP contribution in [-0.4, -0.2) is 10.9 Å². The third-order valence-electron chi connectivity index (χ3n) is 4.51. The minimum absolute atomic E-state index is 0.0506. The number of aryl methyl sites for hydroxylation is 2. The van der Waals surface area contributed by atoms with Crippen molar-refractivity contribution < 1.29 is 4.79 Å². The Hall–Kier alpha value is -1.94. The molecule has 0 saturated heterocycles. The third-order valence-corrected chi connectivity index (χ3v) is 5.50. The van der Waals surface area contributed by atoms with Crippen molar-refractivity contribution in [2.75, 3.05) is 5.32 Å². The lowest BCUT2D eigenvalue weighted by atomic mass is 10.2. The molecule has 0 aliphatic carbocycles. The van der Waals surface area contributed by atoms with E-state index in [2.05, 4.69) is 65.8 Å². The highest BCUT2D eigenvalue weighted by atomic mass is 32.1. The Morgan fingerprint density at radius 2 is 1.41 bits per heavy atom. The van der Waals surface area contributed by atoms with Gasteiger partial charge >= 0.3 is 0 Å². The van der Waals surface area contributed by atoms with Crippen LogP contribution in [0.25, 0.3) is 0 Å². The number of carbonyl (C=O) groups excluding carboxylic acids is 1. The molecule has 0 unspecified atom stereocenters. The molecule has 1 rings (SSSR count). The SMILES string of the molecule is CCCCC/C=C\C/C=C\C/C=C\C/C=C\CCCC(=O)Nc1nc(C)c(C)s1. The topological polar surface area (TPSA) is 42.0 Å².